The number of carbonyl (C=O) groups is 1. The van der Waals surface area contributed by atoms with Crippen molar-refractivity contribution in [2.45, 2.75) is 25.9 Å². The highest BCUT2D eigenvalue weighted by Crippen LogP contribution is 2.23. The lowest BCUT2D eigenvalue weighted by atomic mass is 10.1. The van der Waals surface area contributed by atoms with Crippen LogP contribution < -0.4 is 10.1 Å². The molecule has 8 nitrogen and oxygen atoms in total. The average molecular weight is 434 g/mol. The van der Waals surface area contributed by atoms with Gasteiger partial charge in [-0.1, -0.05) is 12.1 Å². The summed E-state index contributed by atoms with van der Waals surface area (Å²) in [6.07, 6.45) is 7.57. The fourth-order valence-electron chi connectivity index (χ4n) is 3.56. The number of aromatic nitrogens is 3. The smallest absolute Gasteiger partial charge is 0.223 e. The molecular weight excluding hydrogens is 406 g/mol. The van der Waals surface area contributed by atoms with Gasteiger partial charge < -0.3 is 19.7 Å². The van der Waals surface area contributed by atoms with Crippen molar-refractivity contribution in [2.24, 2.45) is 0 Å². The lowest BCUT2D eigenvalue weighted by molar-refractivity contribution is -0.139. The Morgan fingerprint density at radius 1 is 1.16 bits per heavy atom. The largest absolute Gasteiger partial charge is 0.494 e. The number of nitrogens with zero attached hydrogens (tertiary/aromatic N) is 4. The Hall–Kier alpha value is -3.52. The van der Waals surface area contributed by atoms with Crippen molar-refractivity contribution >= 4 is 17.4 Å². The zero-order valence-corrected chi connectivity index (χ0v) is 18.1. The van der Waals surface area contributed by atoms with Gasteiger partial charge in [-0.2, -0.15) is 0 Å². The molecule has 1 unspecified atom stereocenters. The van der Waals surface area contributed by atoms with Crippen LogP contribution in [0.3, 0.4) is 0 Å². The first kappa shape index (κ1) is 21.7. The molecule has 4 rings (SSSR count). The van der Waals surface area contributed by atoms with Gasteiger partial charge in [-0.15, -0.1) is 0 Å². The van der Waals surface area contributed by atoms with Crippen LogP contribution in [0.15, 0.2) is 61.2 Å². The number of anilines is 2. The van der Waals surface area contributed by atoms with Gasteiger partial charge >= 0.3 is 0 Å². The van der Waals surface area contributed by atoms with E-state index in [1.807, 2.05) is 48.2 Å². The Morgan fingerprint density at radius 3 is 2.75 bits per heavy atom. The van der Waals surface area contributed by atoms with E-state index in [4.69, 9.17) is 9.47 Å². The fourth-order valence-corrected chi connectivity index (χ4v) is 3.56. The van der Waals surface area contributed by atoms with Crippen molar-refractivity contribution in [2.75, 3.05) is 31.6 Å². The average Bonchev–Trinajstić information content (AvgIpc) is 2.85. The Kier molecular flexibility index (Phi) is 7.24. The second-order valence-electron chi connectivity index (χ2n) is 7.46. The number of pyridine rings is 1. The summed E-state index contributed by atoms with van der Waals surface area (Å²) < 4.78 is 11.4. The molecule has 0 spiro atoms. The van der Waals surface area contributed by atoms with Crippen LogP contribution in [-0.4, -0.2) is 52.1 Å². The van der Waals surface area contributed by atoms with E-state index in [-0.39, 0.29) is 12.0 Å². The molecule has 1 saturated heterocycles. The van der Waals surface area contributed by atoms with Crippen LogP contribution in [0.1, 0.15) is 30.7 Å². The highest BCUT2D eigenvalue weighted by Gasteiger charge is 2.26. The molecule has 1 fully saturated rings. The third-order valence-corrected chi connectivity index (χ3v) is 5.23. The first-order valence-corrected chi connectivity index (χ1v) is 10.8. The van der Waals surface area contributed by atoms with Crippen LogP contribution in [0.25, 0.3) is 0 Å². The molecule has 3 aromatic rings. The number of rotatable bonds is 8. The highest BCUT2D eigenvalue weighted by atomic mass is 16.5. The molecule has 1 atom stereocenters. The van der Waals surface area contributed by atoms with Gasteiger partial charge in [-0.3, -0.25) is 14.8 Å². The molecule has 1 aliphatic heterocycles. The molecule has 0 aliphatic carbocycles. The van der Waals surface area contributed by atoms with Gasteiger partial charge in [0.1, 0.15) is 17.7 Å². The van der Waals surface area contributed by atoms with Crippen LogP contribution in [0.2, 0.25) is 0 Å². The third kappa shape index (κ3) is 5.79. The molecule has 166 valence electrons. The lowest BCUT2D eigenvalue weighted by Gasteiger charge is -2.32. The lowest BCUT2D eigenvalue weighted by Crippen LogP contribution is -2.42. The molecule has 0 bridgehead atoms. The van der Waals surface area contributed by atoms with E-state index < -0.39 is 0 Å². The number of ether oxygens (including phenoxy) is 2. The van der Waals surface area contributed by atoms with E-state index in [2.05, 4.69) is 20.3 Å². The maximum absolute atomic E-state index is 12.8. The summed E-state index contributed by atoms with van der Waals surface area (Å²) in [5, 5.41) is 3.15. The van der Waals surface area contributed by atoms with Gasteiger partial charge in [0.25, 0.3) is 0 Å². The quantitative estimate of drug-likeness (QED) is 0.581. The Balaban J connectivity index is 1.30. The molecule has 1 amide bonds. The molecule has 3 heterocycles. The predicted molar refractivity (Wildman–Crippen MR) is 121 cm³/mol. The topological polar surface area (TPSA) is 89.5 Å². The molecule has 0 radical (unpaired) electrons. The van der Waals surface area contributed by atoms with E-state index in [1.54, 1.807) is 24.8 Å². The summed E-state index contributed by atoms with van der Waals surface area (Å²) in [5.41, 5.74) is 2.74. The number of hydrogen-bond acceptors (Lipinski definition) is 7. The zero-order valence-electron chi connectivity index (χ0n) is 18.1. The predicted octanol–water partition coefficient (Wildman–Crippen LogP) is 3.55. The van der Waals surface area contributed by atoms with Crippen molar-refractivity contribution in [1.29, 1.82) is 0 Å². The van der Waals surface area contributed by atoms with Crippen LogP contribution in [0.5, 0.6) is 5.75 Å². The number of morpholine rings is 1. The minimum atomic E-state index is -0.233. The van der Waals surface area contributed by atoms with Crippen molar-refractivity contribution in [1.82, 2.24) is 19.9 Å². The second-order valence-corrected chi connectivity index (χ2v) is 7.46. The number of nitrogens with one attached hydrogen (secondary N) is 1. The minimum absolute atomic E-state index is 0.133. The van der Waals surface area contributed by atoms with E-state index in [1.165, 1.54) is 0 Å². The van der Waals surface area contributed by atoms with E-state index in [0.717, 1.165) is 22.7 Å². The second kappa shape index (κ2) is 10.7. The van der Waals surface area contributed by atoms with Gasteiger partial charge in [0, 0.05) is 25.4 Å². The number of hydrogen-bond donors (Lipinski definition) is 1. The van der Waals surface area contributed by atoms with E-state index in [0.29, 0.717) is 45.0 Å². The minimum Gasteiger partial charge on any atom is -0.494 e. The van der Waals surface area contributed by atoms with Gasteiger partial charge in [0.05, 0.1) is 43.5 Å². The van der Waals surface area contributed by atoms with Crippen LogP contribution >= 0.6 is 0 Å². The Bertz CT molecular complexity index is 996. The molecular formula is C24H27N5O3. The zero-order chi connectivity index (χ0) is 22.2. The van der Waals surface area contributed by atoms with Crippen molar-refractivity contribution < 1.29 is 14.3 Å². The van der Waals surface area contributed by atoms with Crippen molar-refractivity contribution in [3.05, 3.63) is 72.4 Å². The maximum Gasteiger partial charge on any atom is 0.223 e. The monoisotopic (exact) mass is 433 g/mol. The standard InChI is InChI=1S/C24H27N5O3/c1-2-31-20-7-3-18(4-8-20)5-10-24(30)29-13-14-32-22(17-29)21-9-6-19(15-27-21)28-23-16-25-11-12-26-23/h3-4,6-9,11-12,15-16,22H,2,5,10,13-14,17H2,1H3,(H,26,28). The van der Waals surface area contributed by atoms with Crippen molar-refractivity contribution in [3.63, 3.8) is 0 Å². The van der Waals surface area contributed by atoms with Crippen molar-refractivity contribution in [3.8, 4) is 5.75 Å². The van der Waals surface area contributed by atoms with E-state index in [9.17, 15) is 4.79 Å². The summed E-state index contributed by atoms with van der Waals surface area (Å²) in [5.74, 6) is 1.64. The van der Waals surface area contributed by atoms with Crippen LogP contribution in [0.4, 0.5) is 11.5 Å². The Morgan fingerprint density at radius 2 is 2.03 bits per heavy atom. The normalized spacial score (nSPS) is 15.9. The van der Waals surface area contributed by atoms with Gasteiger partial charge in [0.2, 0.25) is 5.91 Å². The highest BCUT2D eigenvalue weighted by molar-refractivity contribution is 5.76. The van der Waals surface area contributed by atoms with Crippen LogP contribution in [0, 0.1) is 0 Å². The molecule has 1 N–H and O–H groups in total. The summed E-state index contributed by atoms with van der Waals surface area (Å²) in [6, 6.07) is 11.8. The molecule has 8 heteroatoms. The molecule has 1 aliphatic rings. The summed E-state index contributed by atoms with van der Waals surface area (Å²) in [4.78, 5) is 27.4. The maximum atomic E-state index is 12.8. The number of benzene rings is 1. The summed E-state index contributed by atoms with van der Waals surface area (Å²) in [6.45, 7) is 4.21. The Labute approximate surface area is 187 Å². The van der Waals surface area contributed by atoms with E-state index >= 15 is 0 Å². The van der Waals surface area contributed by atoms with Gasteiger partial charge in [-0.25, -0.2) is 4.98 Å². The molecule has 1 aromatic carbocycles. The fraction of sp³-hybridized carbons (Fsp3) is 0.333. The summed E-state index contributed by atoms with van der Waals surface area (Å²) in [7, 11) is 0. The molecule has 2 aromatic heterocycles. The number of aryl methyl sites for hydroxylation is 1. The first-order chi connectivity index (χ1) is 15.7. The number of amides is 1. The SMILES string of the molecule is CCOc1ccc(CCC(=O)N2CCOC(c3ccc(Nc4cnccn4)cn3)C2)cc1. The molecule has 32 heavy (non-hydrogen) atoms. The third-order valence-electron chi connectivity index (χ3n) is 5.23. The van der Waals surface area contributed by atoms with Gasteiger partial charge in [0.15, 0.2) is 0 Å². The van der Waals surface area contributed by atoms with Crippen LogP contribution in [-0.2, 0) is 16.0 Å². The summed E-state index contributed by atoms with van der Waals surface area (Å²) >= 11 is 0. The molecule has 0 saturated carbocycles. The number of carbonyl (C=O) groups excluding carboxylic acids is 1. The first-order valence-electron chi connectivity index (χ1n) is 10.8. The van der Waals surface area contributed by atoms with Gasteiger partial charge in [-0.05, 0) is 43.2 Å².